The van der Waals surface area contributed by atoms with Crippen molar-refractivity contribution in [3.63, 3.8) is 0 Å². The van der Waals surface area contributed by atoms with Gasteiger partial charge in [-0.1, -0.05) is 66.7 Å². The van der Waals surface area contributed by atoms with Gasteiger partial charge in [-0.05, 0) is 36.2 Å². The highest BCUT2D eigenvalue weighted by molar-refractivity contribution is 8.01. The smallest absolute Gasteiger partial charge is 0.264 e. The van der Waals surface area contributed by atoms with E-state index in [4.69, 9.17) is 16.3 Å². The maximum absolute atomic E-state index is 13.5. The van der Waals surface area contributed by atoms with Gasteiger partial charge in [0.2, 0.25) is 11.0 Å². The van der Waals surface area contributed by atoms with E-state index in [1.807, 2.05) is 0 Å². The molecule has 0 aliphatic heterocycles. The Bertz CT molecular complexity index is 1200. The van der Waals surface area contributed by atoms with Crippen molar-refractivity contribution in [2.75, 3.05) is 29.0 Å². The van der Waals surface area contributed by atoms with Gasteiger partial charge in [-0.2, -0.15) is 0 Å². The normalized spacial score (nSPS) is 11.4. The van der Waals surface area contributed by atoms with E-state index in [1.165, 1.54) is 36.6 Å². The topological polar surface area (TPSA) is 101 Å². The van der Waals surface area contributed by atoms with Crippen LogP contribution in [0.4, 0.5) is 10.8 Å². The summed E-state index contributed by atoms with van der Waals surface area (Å²) in [5.74, 6) is 1.05. The number of methoxy groups -OCH3 is 1. The summed E-state index contributed by atoms with van der Waals surface area (Å²) < 4.78 is 34.0. The van der Waals surface area contributed by atoms with Crippen molar-refractivity contribution < 1.29 is 17.9 Å². The second kappa shape index (κ2) is 11.2. The molecular weight excluding hydrogens is 504 g/mol. The van der Waals surface area contributed by atoms with E-state index in [1.54, 1.807) is 42.1 Å². The standard InChI is InChI=1S/C21H23ClN4O4S3/c1-14(2)13-31-21-25-24-20(32-21)23-19(27)12-26(17-11-15(22)9-10-18(17)30-3)33(28,29)16-7-5-4-6-8-16/h4-11,14H,12-13H2,1-3H3,(H,23,24,27). The number of carbonyl (C=O) groups is 1. The molecule has 3 rings (SSSR count). The Kier molecular flexibility index (Phi) is 8.57. The molecule has 0 aliphatic carbocycles. The largest absolute Gasteiger partial charge is 0.495 e. The van der Waals surface area contributed by atoms with Crippen LogP contribution in [-0.4, -0.2) is 43.9 Å². The van der Waals surface area contributed by atoms with Crippen molar-refractivity contribution in [1.82, 2.24) is 10.2 Å². The van der Waals surface area contributed by atoms with E-state index >= 15 is 0 Å². The highest BCUT2D eigenvalue weighted by Crippen LogP contribution is 2.35. The Morgan fingerprint density at radius 3 is 2.61 bits per heavy atom. The lowest BCUT2D eigenvalue weighted by Gasteiger charge is -2.25. The number of nitrogens with zero attached hydrogens (tertiary/aromatic N) is 3. The fourth-order valence-electron chi connectivity index (χ4n) is 2.72. The van der Waals surface area contributed by atoms with Gasteiger partial charge in [0.05, 0.1) is 17.7 Å². The first-order chi connectivity index (χ1) is 15.7. The molecule has 8 nitrogen and oxygen atoms in total. The van der Waals surface area contributed by atoms with Crippen LogP contribution >= 0.6 is 34.7 Å². The molecule has 0 radical (unpaired) electrons. The van der Waals surface area contributed by atoms with E-state index in [-0.39, 0.29) is 16.3 Å². The molecule has 1 N–H and O–H groups in total. The van der Waals surface area contributed by atoms with Crippen LogP contribution < -0.4 is 14.4 Å². The SMILES string of the molecule is COc1ccc(Cl)cc1N(CC(=O)Nc1nnc(SCC(C)C)s1)S(=O)(=O)c1ccccc1. The number of ether oxygens (including phenoxy) is 1. The first-order valence-electron chi connectivity index (χ1n) is 9.88. The monoisotopic (exact) mass is 526 g/mol. The van der Waals surface area contributed by atoms with Gasteiger partial charge in [-0.25, -0.2) is 8.42 Å². The zero-order valence-electron chi connectivity index (χ0n) is 18.2. The van der Waals surface area contributed by atoms with E-state index in [9.17, 15) is 13.2 Å². The molecular formula is C21H23ClN4O4S3. The van der Waals surface area contributed by atoms with Crippen molar-refractivity contribution in [2.24, 2.45) is 5.92 Å². The molecule has 33 heavy (non-hydrogen) atoms. The maximum Gasteiger partial charge on any atom is 0.264 e. The third kappa shape index (κ3) is 6.59. The Labute approximate surface area is 206 Å². The Morgan fingerprint density at radius 2 is 1.94 bits per heavy atom. The number of benzene rings is 2. The quantitative estimate of drug-likeness (QED) is 0.299. The van der Waals surface area contributed by atoms with Gasteiger partial charge in [0.1, 0.15) is 12.3 Å². The van der Waals surface area contributed by atoms with Crippen LogP contribution in [-0.2, 0) is 14.8 Å². The summed E-state index contributed by atoms with van der Waals surface area (Å²) in [4.78, 5) is 12.9. The van der Waals surface area contributed by atoms with Crippen molar-refractivity contribution >= 4 is 61.4 Å². The van der Waals surface area contributed by atoms with Crippen LogP contribution in [0.3, 0.4) is 0 Å². The summed E-state index contributed by atoms with van der Waals surface area (Å²) in [5, 5.41) is 11.3. The van der Waals surface area contributed by atoms with Crippen molar-refractivity contribution in [1.29, 1.82) is 0 Å². The zero-order valence-corrected chi connectivity index (χ0v) is 21.4. The second-order valence-corrected chi connectivity index (χ2v) is 11.8. The summed E-state index contributed by atoms with van der Waals surface area (Å²) in [6.45, 7) is 3.69. The number of halogens is 1. The van der Waals surface area contributed by atoms with Crippen molar-refractivity contribution in [3.8, 4) is 5.75 Å². The van der Waals surface area contributed by atoms with E-state index in [0.29, 0.717) is 16.1 Å². The van der Waals surface area contributed by atoms with Gasteiger partial charge in [0.25, 0.3) is 10.0 Å². The first-order valence-corrected chi connectivity index (χ1v) is 13.5. The van der Waals surface area contributed by atoms with Crippen LogP contribution in [0.1, 0.15) is 13.8 Å². The molecule has 1 amide bonds. The fraction of sp³-hybridized carbons (Fsp3) is 0.286. The Morgan fingerprint density at radius 1 is 1.21 bits per heavy atom. The molecule has 1 aromatic heterocycles. The number of hydrogen-bond acceptors (Lipinski definition) is 8. The van der Waals surface area contributed by atoms with Crippen LogP contribution in [0.2, 0.25) is 5.02 Å². The van der Waals surface area contributed by atoms with Crippen LogP contribution in [0, 0.1) is 5.92 Å². The highest BCUT2D eigenvalue weighted by atomic mass is 35.5. The zero-order chi connectivity index (χ0) is 24.0. The lowest BCUT2D eigenvalue weighted by molar-refractivity contribution is -0.114. The minimum absolute atomic E-state index is 0.0307. The summed E-state index contributed by atoms with van der Waals surface area (Å²) in [6, 6.07) is 12.4. The molecule has 0 saturated heterocycles. The first kappa shape index (κ1) is 25.3. The number of amides is 1. The van der Waals surface area contributed by atoms with Crippen LogP contribution in [0.5, 0.6) is 5.75 Å². The van der Waals surface area contributed by atoms with Gasteiger partial charge in [0.15, 0.2) is 4.34 Å². The minimum atomic E-state index is -4.11. The summed E-state index contributed by atoms with van der Waals surface area (Å²) in [6.07, 6.45) is 0. The Hall–Kier alpha value is -2.34. The molecule has 0 saturated carbocycles. The number of thioether (sulfide) groups is 1. The van der Waals surface area contributed by atoms with Gasteiger partial charge in [-0.15, -0.1) is 10.2 Å². The molecule has 2 aromatic carbocycles. The number of rotatable bonds is 10. The van der Waals surface area contributed by atoms with E-state index in [0.717, 1.165) is 14.4 Å². The number of anilines is 2. The molecule has 0 spiro atoms. The van der Waals surface area contributed by atoms with Gasteiger partial charge in [-0.3, -0.25) is 14.4 Å². The predicted octanol–water partition coefficient (Wildman–Crippen LogP) is 4.78. The summed E-state index contributed by atoms with van der Waals surface area (Å²) in [7, 11) is -2.69. The van der Waals surface area contributed by atoms with Gasteiger partial charge >= 0.3 is 0 Å². The number of hydrogen-bond donors (Lipinski definition) is 1. The van der Waals surface area contributed by atoms with Gasteiger partial charge in [0, 0.05) is 10.8 Å². The molecule has 0 atom stereocenters. The molecule has 0 aliphatic rings. The van der Waals surface area contributed by atoms with Crippen LogP contribution in [0.15, 0.2) is 57.8 Å². The highest BCUT2D eigenvalue weighted by Gasteiger charge is 2.30. The van der Waals surface area contributed by atoms with E-state index < -0.39 is 22.5 Å². The Balaban J connectivity index is 1.89. The molecule has 176 valence electrons. The molecule has 0 unspecified atom stereocenters. The average molecular weight is 527 g/mol. The molecule has 3 aromatic rings. The third-order valence-electron chi connectivity index (χ3n) is 4.22. The fourth-order valence-corrected chi connectivity index (χ4v) is 6.08. The van der Waals surface area contributed by atoms with Crippen LogP contribution in [0.25, 0.3) is 0 Å². The van der Waals surface area contributed by atoms with E-state index in [2.05, 4.69) is 29.4 Å². The lowest BCUT2D eigenvalue weighted by Crippen LogP contribution is -2.38. The van der Waals surface area contributed by atoms with Gasteiger partial charge < -0.3 is 4.74 Å². The minimum Gasteiger partial charge on any atom is -0.495 e. The molecule has 1 heterocycles. The third-order valence-corrected chi connectivity index (χ3v) is 8.63. The average Bonchev–Trinajstić information content (AvgIpc) is 3.23. The number of nitrogens with one attached hydrogen (secondary N) is 1. The predicted molar refractivity (Wildman–Crippen MR) is 133 cm³/mol. The molecule has 0 fully saturated rings. The summed E-state index contributed by atoms with van der Waals surface area (Å²) in [5.41, 5.74) is 0.148. The number of carbonyl (C=O) groups excluding carboxylic acids is 1. The lowest BCUT2D eigenvalue weighted by atomic mass is 10.3. The number of aromatic nitrogens is 2. The second-order valence-electron chi connectivity index (χ2n) is 7.27. The van der Waals surface area contributed by atoms with Crippen molar-refractivity contribution in [3.05, 3.63) is 53.6 Å². The summed E-state index contributed by atoms with van der Waals surface area (Å²) >= 11 is 8.92. The maximum atomic E-state index is 13.5. The molecule has 12 heteroatoms. The van der Waals surface area contributed by atoms with Crippen molar-refractivity contribution in [2.45, 2.75) is 23.1 Å². The molecule has 0 bridgehead atoms. The number of sulfonamides is 1.